The average molecular weight is 263 g/mol. The zero-order chi connectivity index (χ0) is 13.7. The van der Waals surface area contributed by atoms with Crippen molar-refractivity contribution in [3.8, 4) is 0 Å². The summed E-state index contributed by atoms with van der Waals surface area (Å²) in [5.74, 6) is 0. The van der Waals surface area contributed by atoms with E-state index in [2.05, 4.69) is 17.1 Å². The lowest BCUT2D eigenvalue weighted by molar-refractivity contribution is -0.384. The molecule has 19 heavy (non-hydrogen) atoms. The first kappa shape index (κ1) is 14.0. The molecule has 1 aliphatic rings. The van der Waals surface area contributed by atoms with E-state index in [1.807, 2.05) is 12.1 Å². The Hall–Kier alpha value is -1.46. The lowest BCUT2D eigenvalue weighted by Crippen LogP contribution is -2.37. The summed E-state index contributed by atoms with van der Waals surface area (Å²) >= 11 is 0. The first-order valence-corrected chi connectivity index (χ1v) is 6.89. The van der Waals surface area contributed by atoms with Crippen molar-refractivity contribution >= 4 is 5.69 Å². The van der Waals surface area contributed by atoms with Crippen LogP contribution in [-0.2, 0) is 6.54 Å². The minimum Gasteiger partial charge on any atom is -0.311 e. The van der Waals surface area contributed by atoms with Gasteiger partial charge >= 0.3 is 0 Å². The molecule has 1 saturated heterocycles. The van der Waals surface area contributed by atoms with Crippen molar-refractivity contribution in [3.63, 3.8) is 0 Å². The molecule has 0 radical (unpaired) electrons. The quantitative estimate of drug-likeness (QED) is 0.631. The molecule has 0 aromatic heterocycles. The Bertz CT molecular complexity index is 419. The summed E-state index contributed by atoms with van der Waals surface area (Å²) in [6.45, 7) is 6.29. The van der Waals surface area contributed by atoms with Gasteiger partial charge in [0.25, 0.3) is 5.69 Å². The first-order chi connectivity index (χ1) is 9.20. The van der Waals surface area contributed by atoms with Gasteiger partial charge in [-0.2, -0.15) is 0 Å². The van der Waals surface area contributed by atoms with E-state index in [0.29, 0.717) is 6.04 Å². The van der Waals surface area contributed by atoms with Crippen LogP contribution in [0, 0.1) is 10.1 Å². The Balaban J connectivity index is 1.77. The van der Waals surface area contributed by atoms with Crippen LogP contribution in [0.2, 0.25) is 0 Å². The van der Waals surface area contributed by atoms with Crippen LogP contribution >= 0.6 is 0 Å². The predicted octanol–water partition coefficient (Wildman–Crippen LogP) is 2.17. The van der Waals surface area contributed by atoms with Gasteiger partial charge in [-0.15, -0.1) is 0 Å². The summed E-state index contributed by atoms with van der Waals surface area (Å²) in [6, 6.07) is 7.40. The smallest absolute Gasteiger partial charge is 0.269 e. The van der Waals surface area contributed by atoms with Crippen LogP contribution in [0.25, 0.3) is 0 Å². The van der Waals surface area contributed by atoms with Crippen LogP contribution in [0.4, 0.5) is 5.69 Å². The Morgan fingerprint density at radius 3 is 2.79 bits per heavy atom. The zero-order valence-electron chi connectivity index (χ0n) is 11.3. The van der Waals surface area contributed by atoms with E-state index in [4.69, 9.17) is 0 Å². The topological polar surface area (TPSA) is 58.4 Å². The lowest BCUT2D eigenvalue weighted by atomic mass is 10.2. The molecular formula is C14H21N3O2. The van der Waals surface area contributed by atoms with Crippen LogP contribution in [0.1, 0.15) is 25.3 Å². The van der Waals surface area contributed by atoms with E-state index in [0.717, 1.165) is 25.2 Å². The average Bonchev–Trinajstić information content (AvgIpc) is 2.87. The summed E-state index contributed by atoms with van der Waals surface area (Å²) in [7, 11) is 0. The van der Waals surface area contributed by atoms with Gasteiger partial charge in [0.05, 0.1) is 4.92 Å². The van der Waals surface area contributed by atoms with E-state index in [9.17, 15) is 10.1 Å². The minimum absolute atomic E-state index is 0.150. The molecule has 1 heterocycles. The second-order valence-corrected chi connectivity index (χ2v) is 4.98. The molecule has 1 atom stereocenters. The van der Waals surface area contributed by atoms with Gasteiger partial charge < -0.3 is 5.32 Å². The number of likely N-dealkylation sites (N-methyl/N-ethyl adjacent to an activating group) is 1. The van der Waals surface area contributed by atoms with Crippen molar-refractivity contribution in [2.75, 3.05) is 19.6 Å². The van der Waals surface area contributed by atoms with E-state index in [1.54, 1.807) is 12.1 Å². The molecule has 5 nitrogen and oxygen atoms in total. The molecule has 2 rings (SSSR count). The molecule has 104 valence electrons. The molecule has 0 bridgehead atoms. The van der Waals surface area contributed by atoms with Crippen LogP contribution in [-0.4, -0.2) is 35.5 Å². The Labute approximate surface area is 113 Å². The number of benzene rings is 1. The number of nitro benzene ring substituents is 1. The van der Waals surface area contributed by atoms with Gasteiger partial charge in [-0.05, 0) is 31.5 Å². The molecule has 1 N–H and O–H groups in total. The molecular weight excluding hydrogens is 242 g/mol. The fraction of sp³-hybridized carbons (Fsp3) is 0.571. The van der Waals surface area contributed by atoms with Crippen molar-refractivity contribution in [2.45, 2.75) is 32.4 Å². The van der Waals surface area contributed by atoms with E-state index < -0.39 is 0 Å². The number of non-ortho nitro benzene ring substituents is 1. The maximum atomic E-state index is 10.6. The number of rotatable bonds is 6. The minimum atomic E-state index is -0.366. The molecule has 5 heteroatoms. The first-order valence-electron chi connectivity index (χ1n) is 6.89. The number of hydrogen-bond acceptors (Lipinski definition) is 4. The van der Waals surface area contributed by atoms with E-state index in [1.165, 1.54) is 19.4 Å². The maximum Gasteiger partial charge on any atom is 0.269 e. The number of nitrogens with zero attached hydrogens (tertiary/aromatic N) is 2. The summed E-state index contributed by atoms with van der Waals surface area (Å²) in [6.07, 6.45) is 2.55. The zero-order valence-corrected chi connectivity index (χ0v) is 11.3. The molecule has 1 aromatic carbocycles. The van der Waals surface area contributed by atoms with Gasteiger partial charge in [-0.25, -0.2) is 0 Å². The van der Waals surface area contributed by atoms with Gasteiger partial charge in [-0.1, -0.05) is 19.1 Å². The summed E-state index contributed by atoms with van der Waals surface area (Å²) in [5, 5.41) is 14.0. The molecule has 0 aliphatic carbocycles. The second kappa shape index (κ2) is 6.63. The van der Waals surface area contributed by atoms with E-state index >= 15 is 0 Å². The highest BCUT2D eigenvalue weighted by Crippen LogP contribution is 2.16. The van der Waals surface area contributed by atoms with E-state index in [-0.39, 0.29) is 10.6 Å². The van der Waals surface area contributed by atoms with Crippen LogP contribution in [0.3, 0.4) is 0 Å². The Morgan fingerprint density at radius 1 is 1.42 bits per heavy atom. The Morgan fingerprint density at radius 2 is 2.16 bits per heavy atom. The highest BCUT2D eigenvalue weighted by molar-refractivity contribution is 5.32. The third-order valence-corrected chi connectivity index (χ3v) is 3.76. The van der Waals surface area contributed by atoms with Crippen LogP contribution in [0.5, 0.6) is 0 Å². The number of nitro groups is 1. The van der Waals surface area contributed by atoms with Crippen molar-refractivity contribution in [2.24, 2.45) is 0 Å². The molecule has 0 spiro atoms. The molecule has 1 aliphatic heterocycles. The number of hydrogen-bond donors (Lipinski definition) is 1. The summed E-state index contributed by atoms with van der Waals surface area (Å²) < 4.78 is 0. The molecule has 1 unspecified atom stereocenters. The molecule has 0 amide bonds. The number of likely N-dealkylation sites (tertiary alicyclic amines) is 1. The van der Waals surface area contributed by atoms with Crippen molar-refractivity contribution in [1.82, 2.24) is 10.2 Å². The van der Waals surface area contributed by atoms with Crippen molar-refractivity contribution in [1.29, 1.82) is 0 Å². The van der Waals surface area contributed by atoms with Gasteiger partial charge in [0.2, 0.25) is 0 Å². The van der Waals surface area contributed by atoms with Gasteiger partial charge in [0.15, 0.2) is 0 Å². The van der Waals surface area contributed by atoms with Crippen molar-refractivity contribution < 1.29 is 4.92 Å². The largest absolute Gasteiger partial charge is 0.311 e. The fourth-order valence-electron chi connectivity index (χ4n) is 2.66. The highest BCUT2D eigenvalue weighted by Gasteiger charge is 2.21. The fourth-order valence-corrected chi connectivity index (χ4v) is 2.66. The monoisotopic (exact) mass is 263 g/mol. The SMILES string of the molecule is CCN1CCCC1CNCc1ccc([N+](=O)[O-])cc1. The molecule has 1 fully saturated rings. The lowest BCUT2D eigenvalue weighted by Gasteiger charge is -2.22. The van der Waals surface area contributed by atoms with Gasteiger partial charge in [-0.3, -0.25) is 15.0 Å². The summed E-state index contributed by atoms with van der Waals surface area (Å²) in [5.41, 5.74) is 1.24. The second-order valence-electron chi connectivity index (χ2n) is 4.98. The third kappa shape index (κ3) is 3.75. The third-order valence-electron chi connectivity index (χ3n) is 3.76. The van der Waals surface area contributed by atoms with Crippen LogP contribution in [0.15, 0.2) is 24.3 Å². The number of nitrogens with one attached hydrogen (secondary N) is 1. The van der Waals surface area contributed by atoms with Gasteiger partial charge in [0.1, 0.15) is 0 Å². The van der Waals surface area contributed by atoms with Crippen LogP contribution < -0.4 is 5.32 Å². The summed E-state index contributed by atoms with van der Waals surface area (Å²) in [4.78, 5) is 12.7. The normalized spacial score (nSPS) is 19.7. The highest BCUT2D eigenvalue weighted by atomic mass is 16.6. The Kier molecular flexibility index (Phi) is 4.87. The molecule has 1 aromatic rings. The standard InChI is InChI=1S/C14H21N3O2/c1-2-16-9-3-4-14(16)11-15-10-12-5-7-13(8-6-12)17(18)19/h5-8,14-15H,2-4,9-11H2,1H3. The maximum absolute atomic E-state index is 10.6. The van der Waals surface area contributed by atoms with Gasteiger partial charge in [0, 0.05) is 31.3 Å². The van der Waals surface area contributed by atoms with Crippen molar-refractivity contribution in [3.05, 3.63) is 39.9 Å². The predicted molar refractivity (Wildman–Crippen MR) is 75.1 cm³/mol. The molecule has 0 saturated carbocycles.